The molecule has 0 saturated heterocycles. The molecule has 21 heavy (non-hydrogen) atoms. The molecule has 1 rings (SSSR count). The van der Waals surface area contributed by atoms with Gasteiger partial charge in [0.2, 0.25) is 17.7 Å². The highest BCUT2D eigenvalue weighted by Gasteiger charge is 2.15. The fourth-order valence-corrected chi connectivity index (χ4v) is 1.70. The van der Waals surface area contributed by atoms with Crippen LogP contribution in [0.25, 0.3) is 0 Å². The number of rotatable bonds is 8. The Labute approximate surface area is 123 Å². The molecule has 7 nitrogen and oxygen atoms in total. The number of carbonyl (C=O) groups excluding carboxylic acids is 3. The molecule has 5 N–H and O–H groups in total. The molecule has 0 atom stereocenters. The van der Waals surface area contributed by atoms with Gasteiger partial charge in [0.1, 0.15) is 0 Å². The Morgan fingerprint density at radius 1 is 1.14 bits per heavy atom. The quantitative estimate of drug-likeness (QED) is 0.567. The Morgan fingerprint density at radius 2 is 1.81 bits per heavy atom. The normalized spacial score (nSPS) is 9.95. The van der Waals surface area contributed by atoms with Crippen LogP contribution in [0.3, 0.4) is 0 Å². The Hall–Kier alpha value is -2.41. The molecule has 114 valence electrons. The van der Waals surface area contributed by atoms with E-state index < -0.39 is 11.8 Å². The first-order valence-corrected chi connectivity index (χ1v) is 6.59. The lowest BCUT2D eigenvalue weighted by molar-refractivity contribution is -0.133. The molecule has 0 spiro atoms. The second-order valence-electron chi connectivity index (χ2n) is 4.50. The molecule has 0 radical (unpaired) electrons. The van der Waals surface area contributed by atoms with Gasteiger partial charge in [-0.05, 0) is 5.56 Å². The molecule has 0 aliphatic rings. The van der Waals surface area contributed by atoms with Crippen molar-refractivity contribution < 1.29 is 14.4 Å². The van der Waals surface area contributed by atoms with Crippen LogP contribution in [0.15, 0.2) is 30.3 Å². The summed E-state index contributed by atoms with van der Waals surface area (Å²) in [5.74, 6) is -1.17. The van der Waals surface area contributed by atoms with Gasteiger partial charge in [0.05, 0.1) is 13.1 Å². The number of hydrogen-bond donors (Lipinski definition) is 3. The van der Waals surface area contributed by atoms with Crippen molar-refractivity contribution in [2.75, 3.05) is 19.6 Å². The summed E-state index contributed by atoms with van der Waals surface area (Å²) in [5, 5.41) is 2.41. The highest BCUT2D eigenvalue weighted by atomic mass is 16.2. The molecule has 7 heteroatoms. The van der Waals surface area contributed by atoms with E-state index >= 15 is 0 Å². The van der Waals surface area contributed by atoms with Gasteiger partial charge in [0.25, 0.3) is 0 Å². The number of benzene rings is 1. The lowest BCUT2D eigenvalue weighted by Crippen LogP contribution is -2.42. The van der Waals surface area contributed by atoms with Crippen LogP contribution >= 0.6 is 0 Å². The van der Waals surface area contributed by atoms with E-state index in [2.05, 4.69) is 5.32 Å². The number of primary amides is 1. The average Bonchev–Trinajstić information content (AvgIpc) is 2.49. The summed E-state index contributed by atoms with van der Waals surface area (Å²) >= 11 is 0. The zero-order valence-electron chi connectivity index (χ0n) is 11.7. The van der Waals surface area contributed by atoms with E-state index in [0.29, 0.717) is 6.54 Å². The number of nitrogens with two attached hydrogens (primary N) is 2. The SMILES string of the molecule is NCC(=O)NCC(=O)N(CCC(N)=O)Cc1ccccc1. The minimum atomic E-state index is -0.480. The summed E-state index contributed by atoms with van der Waals surface area (Å²) < 4.78 is 0. The van der Waals surface area contributed by atoms with Crippen LogP contribution in [0.2, 0.25) is 0 Å². The van der Waals surface area contributed by atoms with Crippen LogP contribution in [0, 0.1) is 0 Å². The number of amides is 3. The van der Waals surface area contributed by atoms with E-state index in [1.54, 1.807) is 0 Å². The monoisotopic (exact) mass is 292 g/mol. The Bertz CT molecular complexity index is 490. The minimum Gasteiger partial charge on any atom is -0.370 e. The first kappa shape index (κ1) is 16.6. The van der Waals surface area contributed by atoms with E-state index in [9.17, 15) is 14.4 Å². The lowest BCUT2D eigenvalue weighted by atomic mass is 10.2. The maximum absolute atomic E-state index is 12.1. The highest BCUT2D eigenvalue weighted by molar-refractivity contribution is 5.85. The van der Waals surface area contributed by atoms with E-state index in [1.807, 2.05) is 30.3 Å². The topological polar surface area (TPSA) is 119 Å². The average molecular weight is 292 g/mol. The number of hydrogen-bond acceptors (Lipinski definition) is 4. The summed E-state index contributed by atoms with van der Waals surface area (Å²) in [6, 6.07) is 9.36. The second kappa shape index (κ2) is 8.70. The zero-order valence-corrected chi connectivity index (χ0v) is 11.7. The van der Waals surface area contributed by atoms with Gasteiger partial charge in [-0.3, -0.25) is 14.4 Å². The summed E-state index contributed by atoms with van der Waals surface area (Å²) in [5.41, 5.74) is 11.2. The molecule has 3 amide bonds. The van der Waals surface area contributed by atoms with Gasteiger partial charge in [0.15, 0.2) is 0 Å². The predicted molar refractivity (Wildman–Crippen MR) is 77.7 cm³/mol. The van der Waals surface area contributed by atoms with Crippen molar-refractivity contribution in [2.45, 2.75) is 13.0 Å². The van der Waals surface area contributed by atoms with Crippen molar-refractivity contribution in [2.24, 2.45) is 11.5 Å². The molecule has 0 aromatic heterocycles. The number of nitrogens with zero attached hydrogens (tertiary/aromatic N) is 1. The molecule has 0 fully saturated rings. The molecule has 1 aromatic rings. The molecule has 0 aliphatic carbocycles. The van der Waals surface area contributed by atoms with Gasteiger partial charge in [-0.2, -0.15) is 0 Å². The zero-order chi connectivity index (χ0) is 15.7. The van der Waals surface area contributed by atoms with Gasteiger partial charge in [-0.1, -0.05) is 30.3 Å². The third-order valence-electron chi connectivity index (χ3n) is 2.82. The lowest BCUT2D eigenvalue weighted by Gasteiger charge is -2.22. The molecule has 1 aromatic carbocycles. The third kappa shape index (κ3) is 6.53. The standard InChI is InChI=1S/C14H20N4O3/c15-8-13(20)17-9-14(21)18(7-6-12(16)19)10-11-4-2-1-3-5-11/h1-5H,6-10,15H2,(H2,16,19)(H,17,20). The number of carbonyl (C=O) groups is 3. The van der Waals surface area contributed by atoms with E-state index in [1.165, 1.54) is 4.90 Å². The Kier molecular flexibility index (Phi) is 6.90. The van der Waals surface area contributed by atoms with Gasteiger partial charge in [-0.25, -0.2) is 0 Å². The summed E-state index contributed by atoms with van der Waals surface area (Å²) in [6.07, 6.45) is 0.0728. The second-order valence-corrected chi connectivity index (χ2v) is 4.50. The van der Waals surface area contributed by atoms with E-state index in [-0.39, 0.29) is 32.0 Å². The molecular weight excluding hydrogens is 272 g/mol. The summed E-state index contributed by atoms with van der Waals surface area (Å²) in [6.45, 7) is 0.238. The Balaban J connectivity index is 2.64. The fraction of sp³-hybridized carbons (Fsp3) is 0.357. The molecular formula is C14H20N4O3. The van der Waals surface area contributed by atoms with Crippen LogP contribution in [-0.4, -0.2) is 42.3 Å². The summed E-state index contributed by atoms with van der Waals surface area (Å²) in [7, 11) is 0. The van der Waals surface area contributed by atoms with E-state index in [4.69, 9.17) is 11.5 Å². The van der Waals surface area contributed by atoms with Crippen LogP contribution in [0.1, 0.15) is 12.0 Å². The molecule has 0 saturated carbocycles. The minimum absolute atomic E-state index is 0.0728. The first-order chi connectivity index (χ1) is 10.0. The maximum atomic E-state index is 12.1. The maximum Gasteiger partial charge on any atom is 0.242 e. The third-order valence-corrected chi connectivity index (χ3v) is 2.82. The summed E-state index contributed by atoms with van der Waals surface area (Å²) in [4.78, 5) is 35.6. The number of nitrogens with one attached hydrogen (secondary N) is 1. The van der Waals surface area contributed by atoms with Gasteiger partial charge in [0, 0.05) is 19.5 Å². The largest absolute Gasteiger partial charge is 0.370 e. The van der Waals surface area contributed by atoms with Crippen molar-refractivity contribution in [1.82, 2.24) is 10.2 Å². The van der Waals surface area contributed by atoms with Crippen molar-refractivity contribution in [3.63, 3.8) is 0 Å². The molecule has 0 heterocycles. The van der Waals surface area contributed by atoms with Crippen LogP contribution < -0.4 is 16.8 Å². The fourth-order valence-electron chi connectivity index (χ4n) is 1.70. The highest BCUT2D eigenvalue weighted by Crippen LogP contribution is 2.05. The van der Waals surface area contributed by atoms with Gasteiger partial charge in [-0.15, -0.1) is 0 Å². The van der Waals surface area contributed by atoms with Crippen molar-refractivity contribution in [3.05, 3.63) is 35.9 Å². The van der Waals surface area contributed by atoms with Crippen LogP contribution in [0.4, 0.5) is 0 Å². The van der Waals surface area contributed by atoms with Crippen LogP contribution in [-0.2, 0) is 20.9 Å². The van der Waals surface area contributed by atoms with Gasteiger partial charge < -0.3 is 21.7 Å². The molecule has 0 aliphatic heterocycles. The van der Waals surface area contributed by atoms with Crippen molar-refractivity contribution in [1.29, 1.82) is 0 Å². The molecule has 0 unspecified atom stereocenters. The molecule has 0 bridgehead atoms. The Morgan fingerprint density at radius 3 is 2.38 bits per heavy atom. The first-order valence-electron chi connectivity index (χ1n) is 6.59. The smallest absolute Gasteiger partial charge is 0.242 e. The van der Waals surface area contributed by atoms with Gasteiger partial charge >= 0.3 is 0 Å². The van der Waals surface area contributed by atoms with Crippen molar-refractivity contribution >= 4 is 17.7 Å². The van der Waals surface area contributed by atoms with Crippen LogP contribution in [0.5, 0.6) is 0 Å². The van der Waals surface area contributed by atoms with Crippen molar-refractivity contribution in [3.8, 4) is 0 Å². The predicted octanol–water partition coefficient (Wildman–Crippen LogP) is -1.03. The van der Waals surface area contributed by atoms with E-state index in [0.717, 1.165) is 5.56 Å².